The summed E-state index contributed by atoms with van der Waals surface area (Å²) < 4.78 is 31.6. The Balaban J connectivity index is 1.49. The number of nitrogens with one attached hydrogen (secondary N) is 1. The van der Waals surface area contributed by atoms with Gasteiger partial charge >= 0.3 is 0 Å². The zero-order chi connectivity index (χ0) is 20.1. The van der Waals surface area contributed by atoms with Crippen molar-refractivity contribution in [1.82, 2.24) is 5.32 Å². The summed E-state index contributed by atoms with van der Waals surface area (Å²) in [6.07, 6.45) is 1.34. The van der Waals surface area contributed by atoms with Gasteiger partial charge in [-0.15, -0.1) is 0 Å². The zero-order valence-electron chi connectivity index (χ0n) is 16.3. The molecule has 150 valence electrons. The number of piperidine rings is 1. The van der Waals surface area contributed by atoms with Crippen LogP contribution in [0, 0.1) is 0 Å². The van der Waals surface area contributed by atoms with Crippen molar-refractivity contribution in [3.63, 3.8) is 0 Å². The van der Waals surface area contributed by atoms with Crippen LogP contribution >= 0.6 is 0 Å². The SMILES string of the molecule is O=S(=O)(c1ccc(-c2cccc(OCc3ccccc3)c2)cc1)C1CCNCC1. The van der Waals surface area contributed by atoms with Gasteiger partial charge in [-0.05, 0) is 66.9 Å². The van der Waals surface area contributed by atoms with E-state index >= 15 is 0 Å². The molecule has 1 saturated heterocycles. The normalized spacial score (nSPS) is 15.2. The van der Waals surface area contributed by atoms with E-state index in [1.165, 1.54) is 0 Å². The minimum Gasteiger partial charge on any atom is -0.489 e. The van der Waals surface area contributed by atoms with Crippen LogP contribution in [0.5, 0.6) is 5.75 Å². The van der Waals surface area contributed by atoms with Crippen molar-refractivity contribution in [3.8, 4) is 16.9 Å². The fourth-order valence-electron chi connectivity index (χ4n) is 3.64. The van der Waals surface area contributed by atoms with E-state index in [0.29, 0.717) is 24.3 Å². The summed E-state index contributed by atoms with van der Waals surface area (Å²) in [4.78, 5) is 0.407. The van der Waals surface area contributed by atoms with Crippen molar-refractivity contribution >= 4 is 9.84 Å². The molecule has 0 atom stereocenters. The van der Waals surface area contributed by atoms with Crippen molar-refractivity contribution in [2.45, 2.75) is 29.6 Å². The van der Waals surface area contributed by atoms with E-state index in [2.05, 4.69) is 5.32 Å². The van der Waals surface area contributed by atoms with Crippen molar-refractivity contribution in [3.05, 3.63) is 84.4 Å². The lowest BCUT2D eigenvalue weighted by atomic mass is 10.1. The topological polar surface area (TPSA) is 55.4 Å². The molecule has 0 spiro atoms. The third-order valence-electron chi connectivity index (χ3n) is 5.32. The van der Waals surface area contributed by atoms with Gasteiger partial charge in [0.1, 0.15) is 12.4 Å². The molecule has 0 amide bonds. The molecule has 29 heavy (non-hydrogen) atoms. The third-order valence-corrected chi connectivity index (χ3v) is 7.60. The molecule has 0 aliphatic carbocycles. The lowest BCUT2D eigenvalue weighted by Crippen LogP contribution is -2.35. The molecule has 4 rings (SSSR count). The van der Waals surface area contributed by atoms with Crippen LogP contribution in [0.3, 0.4) is 0 Å². The van der Waals surface area contributed by atoms with E-state index < -0.39 is 9.84 Å². The van der Waals surface area contributed by atoms with E-state index in [9.17, 15) is 8.42 Å². The van der Waals surface area contributed by atoms with Gasteiger partial charge in [-0.1, -0.05) is 54.6 Å². The van der Waals surface area contributed by atoms with E-state index in [1.807, 2.05) is 66.7 Å². The molecular formula is C24H25NO3S. The molecular weight excluding hydrogens is 382 g/mol. The maximum atomic E-state index is 12.9. The van der Waals surface area contributed by atoms with Crippen LogP contribution < -0.4 is 10.1 Å². The highest BCUT2D eigenvalue weighted by Crippen LogP contribution is 2.28. The lowest BCUT2D eigenvalue weighted by Gasteiger charge is -2.22. The number of hydrogen-bond donors (Lipinski definition) is 1. The molecule has 3 aromatic rings. The number of hydrogen-bond acceptors (Lipinski definition) is 4. The second-order valence-electron chi connectivity index (χ2n) is 7.32. The first-order chi connectivity index (χ1) is 14.1. The Kier molecular flexibility index (Phi) is 5.97. The van der Waals surface area contributed by atoms with Gasteiger partial charge < -0.3 is 10.1 Å². The predicted octanol–water partition coefficient (Wildman–Crippen LogP) is 4.46. The van der Waals surface area contributed by atoms with Gasteiger partial charge in [0.2, 0.25) is 0 Å². The molecule has 0 bridgehead atoms. The molecule has 1 heterocycles. The average molecular weight is 408 g/mol. The van der Waals surface area contributed by atoms with Gasteiger partial charge in [0.15, 0.2) is 9.84 Å². The molecule has 4 nitrogen and oxygen atoms in total. The van der Waals surface area contributed by atoms with E-state index in [-0.39, 0.29) is 5.25 Å². The zero-order valence-corrected chi connectivity index (χ0v) is 17.1. The summed E-state index contributed by atoms with van der Waals surface area (Å²) in [7, 11) is -3.27. The fraction of sp³-hybridized carbons (Fsp3) is 0.250. The van der Waals surface area contributed by atoms with Crippen molar-refractivity contribution < 1.29 is 13.2 Å². The molecule has 0 aromatic heterocycles. The Morgan fingerprint density at radius 1 is 0.828 bits per heavy atom. The van der Waals surface area contributed by atoms with Crippen LogP contribution in [0.4, 0.5) is 0 Å². The molecule has 0 radical (unpaired) electrons. The van der Waals surface area contributed by atoms with Crippen LogP contribution in [0.1, 0.15) is 18.4 Å². The first-order valence-corrected chi connectivity index (χ1v) is 11.5. The standard InChI is InChI=1S/C24H25NO3S/c26-29(27,24-13-15-25-16-14-24)23-11-9-20(10-12-23)21-7-4-8-22(17-21)28-18-19-5-2-1-3-6-19/h1-12,17,24-25H,13-16,18H2. The summed E-state index contributed by atoms with van der Waals surface area (Å²) in [5.41, 5.74) is 3.09. The Morgan fingerprint density at radius 3 is 2.28 bits per heavy atom. The summed E-state index contributed by atoms with van der Waals surface area (Å²) in [5, 5.41) is 2.93. The first kappa shape index (κ1) is 19.7. The minimum atomic E-state index is -3.27. The Morgan fingerprint density at radius 2 is 1.55 bits per heavy atom. The van der Waals surface area contributed by atoms with Gasteiger partial charge in [-0.2, -0.15) is 0 Å². The van der Waals surface area contributed by atoms with Gasteiger partial charge in [-0.3, -0.25) is 0 Å². The van der Waals surface area contributed by atoms with Gasteiger partial charge in [0.25, 0.3) is 0 Å². The Bertz CT molecular complexity index is 1040. The van der Waals surface area contributed by atoms with Crippen LogP contribution in [-0.4, -0.2) is 26.8 Å². The van der Waals surface area contributed by atoms with E-state index in [1.54, 1.807) is 12.1 Å². The smallest absolute Gasteiger partial charge is 0.181 e. The molecule has 1 fully saturated rings. The van der Waals surface area contributed by atoms with E-state index in [4.69, 9.17) is 4.74 Å². The maximum absolute atomic E-state index is 12.9. The summed E-state index contributed by atoms with van der Waals surface area (Å²) in [5.74, 6) is 0.790. The monoisotopic (exact) mass is 407 g/mol. The van der Waals surface area contributed by atoms with Crippen LogP contribution in [0.15, 0.2) is 83.8 Å². The Hall–Kier alpha value is -2.63. The van der Waals surface area contributed by atoms with Gasteiger partial charge in [-0.25, -0.2) is 8.42 Å². The van der Waals surface area contributed by atoms with Gasteiger partial charge in [0.05, 0.1) is 10.1 Å². The summed E-state index contributed by atoms with van der Waals surface area (Å²) >= 11 is 0. The van der Waals surface area contributed by atoms with Crippen molar-refractivity contribution in [1.29, 1.82) is 0 Å². The first-order valence-electron chi connectivity index (χ1n) is 9.95. The van der Waals surface area contributed by atoms with Crippen LogP contribution in [-0.2, 0) is 16.4 Å². The molecule has 1 N–H and O–H groups in total. The van der Waals surface area contributed by atoms with E-state index in [0.717, 1.165) is 35.5 Å². The highest BCUT2D eigenvalue weighted by molar-refractivity contribution is 7.92. The maximum Gasteiger partial charge on any atom is 0.181 e. The van der Waals surface area contributed by atoms with Gasteiger partial charge in [0, 0.05) is 0 Å². The number of sulfone groups is 1. The summed E-state index contributed by atoms with van der Waals surface area (Å²) in [6, 6.07) is 25.1. The minimum absolute atomic E-state index is 0.288. The molecule has 0 saturated carbocycles. The molecule has 5 heteroatoms. The largest absolute Gasteiger partial charge is 0.489 e. The molecule has 1 aliphatic heterocycles. The highest BCUT2D eigenvalue weighted by atomic mass is 32.2. The highest BCUT2D eigenvalue weighted by Gasteiger charge is 2.28. The predicted molar refractivity (Wildman–Crippen MR) is 116 cm³/mol. The van der Waals surface area contributed by atoms with Crippen LogP contribution in [0.25, 0.3) is 11.1 Å². The number of benzene rings is 3. The second-order valence-corrected chi connectivity index (χ2v) is 9.55. The summed E-state index contributed by atoms with van der Waals surface area (Å²) in [6.45, 7) is 2.03. The second kappa shape index (κ2) is 8.80. The molecule has 3 aromatic carbocycles. The quantitative estimate of drug-likeness (QED) is 0.656. The number of ether oxygens (including phenoxy) is 1. The average Bonchev–Trinajstić information content (AvgIpc) is 2.79. The third kappa shape index (κ3) is 4.69. The Labute approximate surface area is 172 Å². The number of rotatable bonds is 6. The lowest BCUT2D eigenvalue weighted by molar-refractivity contribution is 0.306. The molecule has 1 aliphatic rings. The molecule has 0 unspecified atom stereocenters. The van der Waals surface area contributed by atoms with Crippen LogP contribution in [0.2, 0.25) is 0 Å². The van der Waals surface area contributed by atoms with Crippen molar-refractivity contribution in [2.75, 3.05) is 13.1 Å². The fourth-order valence-corrected chi connectivity index (χ4v) is 5.40. The van der Waals surface area contributed by atoms with Crippen molar-refractivity contribution in [2.24, 2.45) is 0 Å².